The van der Waals surface area contributed by atoms with Gasteiger partial charge >= 0.3 is 0 Å². The first kappa shape index (κ1) is 8.93. The van der Waals surface area contributed by atoms with E-state index in [0.717, 1.165) is 18.5 Å². The molecule has 1 aromatic heterocycles. The first-order chi connectivity index (χ1) is 6.95. The lowest BCUT2D eigenvalue weighted by atomic mass is 9.84. The van der Waals surface area contributed by atoms with Gasteiger partial charge in [-0.05, 0) is 34.7 Å². The second-order valence-corrected chi connectivity index (χ2v) is 5.33. The second-order valence-electron chi connectivity index (χ2n) is 4.58. The number of thiophene rings is 1. The summed E-state index contributed by atoms with van der Waals surface area (Å²) >= 11 is 1.88. The Labute approximate surface area is 89.5 Å². The molecular weight excluding hydrogens is 190 g/mol. The van der Waals surface area contributed by atoms with Gasteiger partial charge in [-0.15, -0.1) is 0 Å². The molecule has 1 aliphatic heterocycles. The fourth-order valence-electron chi connectivity index (χ4n) is 2.97. The van der Waals surface area contributed by atoms with E-state index in [1.165, 1.54) is 32.1 Å². The van der Waals surface area contributed by atoms with Gasteiger partial charge < -0.3 is 5.32 Å². The van der Waals surface area contributed by atoms with Crippen LogP contribution >= 0.6 is 11.3 Å². The van der Waals surface area contributed by atoms with Gasteiger partial charge in [-0.25, -0.2) is 0 Å². The van der Waals surface area contributed by atoms with Crippen LogP contribution in [0, 0.1) is 0 Å². The van der Waals surface area contributed by atoms with Crippen LogP contribution in [0.5, 0.6) is 0 Å². The maximum atomic E-state index is 3.71. The maximum absolute atomic E-state index is 3.71. The molecule has 2 aliphatic rings. The lowest BCUT2D eigenvalue weighted by molar-refractivity contribution is 0.385. The van der Waals surface area contributed by atoms with Gasteiger partial charge in [-0.1, -0.05) is 19.3 Å². The van der Waals surface area contributed by atoms with Crippen molar-refractivity contribution in [1.29, 1.82) is 0 Å². The van der Waals surface area contributed by atoms with Crippen molar-refractivity contribution in [2.45, 2.75) is 50.6 Å². The smallest absolute Gasteiger partial charge is 0.0219 e. The summed E-state index contributed by atoms with van der Waals surface area (Å²) in [5.41, 5.74) is 3.24. The molecule has 14 heavy (non-hydrogen) atoms. The summed E-state index contributed by atoms with van der Waals surface area (Å²) in [5, 5.41) is 8.42. The van der Waals surface area contributed by atoms with Crippen LogP contribution in [0.15, 0.2) is 10.8 Å². The Balaban J connectivity index is 1.93. The van der Waals surface area contributed by atoms with Gasteiger partial charge in [0, 0.05) is 18.5 Å². The Morgan fingerprint density at radius 2 is 2.07 bits per heavy atom. The van der Waals surface area contributed by atoms with Crippen molar-refractivity contribution in [2.75, 3.05) is 0 Å². The SMILES string of the molecule is c1scc2c1CNC1CCCCCC21. The molecule has 0 radical (unpaired) electrons. The lowest BCUT2D eigenvalue weighted by Crippen LogP contribution is -2.38. The predicted molar refractivity (Wildman–Crippen MR) is 60.8 cm³/mol. The molecule has 0 amide bonds. The average Bonchev–Trinajstić information content (AvgIpc) is 2.55. The van der Waals surface area contributed by atoms with Gasteiger partial charge in [0.15, 0.2) is 0 Å². The zero-order valence-electron chi connectivity index (χ0n) is 8.46. The second kappa shape index (κ2) is 3.67. The zero-order valence-corrected chi connectivity index (χ0v) is 9.28. The summed E-state index contributed by atoms with van der Waals surface area (Å²) < 4.78 is 0. The number of rotatable bonds is 0. The van der Waals surface area contributed by atoms with Crippen LogP contribution in [-0.2, 0) is 6.54 Å². The lowest BCUT2D eigenvalue weighted by Gasteiger charge is -2.31. The summed E-state index contributed by atoms with van der Waals surface area (Å²) in [6, 6.07) is 0.777. The standard InChI is InChI=1S/C12H17NS/c1-2-4-10-11-8-14-7-9(11)6-13-12(10)5-3-1/h7-8,10,12-13H,1-6H2. The Morgan fingerprint density at radius 3 is 3.07 bits per heavy atom. The van der Waals surface area contributed by atoms with E-state index < -0.39 is 0 Å². The molecule has 76 valence electrons. The fraction of sp³-hybridized carbons (Fsp3) is 0.667. The summed E-state index contributed by atoms with van der Waals surface area (Å²) in [7, 11) is 0. The molecule has 3 rings (SSSR count). The molecule has 2 heterocycles. The summed E-state index contributed by atoms with van der Waals surface area (Å²) in [6.07, 6.45) is 7.08. The van der Waals surface area contributed by atoms with Crippen LogP contribution < -0.4 is 5.32 Å². The number of nitrogens with one attached hydrogen (secondary N) is 1. The minimum Gasteiger partial charge on any atom is -0.309 e. The Kier molecular flexibility index (Phi) is 2.34. The van der Waals surface area contributed by atoms with Gasteiger partial charge in [-0.2, -0.15) is 11.3 Å². The van der Waals surface area contributed by atoms with Gasteiger partial charge in [0.2, 0.25) is 0 Å². The minimum atomic E-state index is 0.777. The molecule has 2 heteroatoms. The van der Waals surface area contributed by atoms with Crippen LogP contribution in [0.2, 0.25) is 0 Å². The van der Waals surface area contributed by atoms with Crippen molar-refractivity contribution in [1.82, 2.24) is 5.32 Å². The summed E-state index contributed by atoms with van der Waals surface area (Å²) in [5.74, 6) is 0.826. The zero-order chi connectivity index (χ0) is 9.38. The third-order valence-corrected chi connectivity index (χ3v) is 4.56. The van der Waals surface area contributed by atoms with E-state index in [-0.39, 0.29) is 0 Å². The van der Waals surface area contributed by atoms with E-state index in [1.54, 1.807) is 11.1 Å². The Hall–Kier alpha value is -0.340. The highest BCUT2D eigenvalue weighted by Crippen LogP contribution is 2.38. The summed E-state index contributed by atoms with van der Waals surface area (Å²) in [6.45, 7) is 1.11. The van der Waals surface area contributed by atoms with Crippen molar-refractivity contribution in [3.63, 3.8) is 0 Å². The maximum Gasteiger partial charge on any atom is 0.0219 e. The third kappa shape index (κ3) is 1.41. The fourth-order valence-corrected chi connectivity index (χ4v) is 3.89. The molecule has 1 fully saturated rings. The molecule has 0 saturated heterocycles. The number of fused-ring (bicyclic) bond motifs is 3. The van der Waals surface area contributed by atoms with Crippen LogP contribution in [0.3, 0.4) is 0 Å². The van der Waals surface area contributed by atoms with Crippen LogP contribution in [-0.4, -0.2) is 6.04 Å². The van der Waals surface area contributed by atoms with Crippen LogP contribution in [0.4, 0.5) is 0 Å². The van der Waals surface area contributed by atoms with Crippen molar-refractivity contribution in [3.8, 4) is 0 Å². The van der Waals surface area contributed by atoms with Gasteiger partial charge in [0.05, 0.1) is 0 Å². The third-order valence-electron chi connectivity index (χ3n) is 3.75. The molecule has 1 N–H and O–H groups in total. The van der Waals surface area contributed by atoms with Gasteiger partial charge in [0.1, 0.15) is 0 Å². The normalized spacial score (nSPS) is 31.7. The van der Waals surface area contributed by atoms with E-state index in [4.69, 9.17) is 0 Å². The summed E-state index contributed by atoms with van der Waals surface area (Å²) in [4.78, 5) is 0. The molecule has 2 atom stereocenters. The minimum absolute atomic E-state index is 0.777. The number of hydrogen-bond acceptors (Lipinski definition) is 2. The van der Waals surface area contributed by atoms with Crippen molar-refractivity contribution >= 4 is 11.3 Å². The molecule has 1 nitrogen and oxygen atoms in total. The average molecular weight is 207 g/mol. The number of hydrogen-bond donors (Lipinski definition) is 1. The Bertz CT molecular complexity index is 318. The molecule has 2 unspecified atom stereocenters. The van der Waals surface area contributed by atoms with Crippen molar-refractivity contribution in [2.24, 2.45) is 0 Å². The topological polar surface area (TPSA) is 12.0 Å². The molecule has 0 bridgehead atoms. The monoisotopic (exact) mass is 207 g/mol. The van der Waals surface area contributed by atoms with Gasteiger partial charge in [0.25, 0.3) is 0 Å². The largest absolute Gasteiger partial charge is 0.309 e. The highest BCUT2D eigenvalue weighted by Gasteiger charge is 2.30. The van der Waals surface area contributed by atoms with Crippen molar-refractivity contribution in [3.05, 3.63) is 21.9 Å². The van der Waals surface area contributed by atoms with Crippen LogP contribution in [0.25, 0.3) is 0 Å². The highest BCUT2D eigenvalue weighted by molar-refractivity contribution is 7.08. The first-order valence-electron chi connectivity index (χ1n) is 5.73. The molecule has 0 aromatic carbocycles. The van der Waals surface area contributed by atoms with E-state index in [1.807, 2.05) is 11.3 Å². The first-order valence-corrected chi connectivity index (χ1v) is 6.68. The highest BCUT2D eigenvalue weighted by atomic mass is 32.1. The van der Waals surface area contributed by atoms with Crippen LogP contribution in [0.1, 0.15) is 49.1 Å². The van der Waals surface area contributed by atoms with Crippen molar-refractivity contribution < 1.29 is 0 Å². The van der Waals surface area contributed by atoms with Gasteiger partial charge in [-0.3, -0.25) is 0 Å². The molecule has 1 saturated carbocycles. The van der Waals surface area contributed by atoms with E-state index in [2.05, 4.69) is 16.1 Å². The molecular formula is C12H17NS. The predicted octanol–water partition coefficient (Wildman–Crippen LogP) is 3.27. The van der Waals surface area contributed by atoms with E-state index >= 15 is 0 Å². The van der Waals surface area contributed by atoms with E-state index in [0.29, 0.717) is 0 Å². The van der Waals surface area contributed by atoms with E-state index in [9.17, 15) is 0 Å². The molecule has 0 spiro atoms. The Morgan fingerprint density at radius 1 is 1.14 bits per heavy atom. The quantitative estimate of drug-likeness (QED) is 0.688. The molecule has 1 aromatic rings. The molecule has 1 aliphatic carbocycles.